The summed E-state index contributed by atoms with van der Waals surface area (Å²) >= 11 is 0. The fourth-order valence-electron chi connectivity index (χ4n) is 2.39. The molecule has 0 aromatic rings. The zero-order valence-corrected chi connectivity index (χ0v) is 13.2. The zero-order valence-electron chi connectivity index (χ0n) is 13.2. The van der Waals surface area contributed by atoms with Gasteiger partial charge in [0.25, 0.3) is 0 Å². The molecule has 0 aromatic carbocycles. The van der Waals surface area contributed by atoms with Crippen molar-refractivity contribution in [1.82, 2.24) is 0 Å². The van der Waals surface area contributed by atoms with Gasteiger partial charge in [0.05, 0.1) is 7.11 Å². The monoisotopic (exact) mass is 286 g/mol. The molecule has 0 N–H and O–H groups in total. The summed E-state index contributed by atoms with van der Waals surface area (Å²) < 4.78 is 4.62. The molecule has 0 amide bonds. The van der Waals surface area contributed by atoms with Crippen LogP contribution in [0.3, 0.4) is 0 Å². The Balaban J connectivity index is 0. The first kappa shape index (κ1) is 21.8. The van der Waals surface area contributed by atoms with Crippen molar-refractivity contribution in [2.45, 2.75) is 104 Å². The molecule has 0 aromatic heterocycles. The van der Waals surface area contributed by atoms with Crippen LogP contribution in [0.25, 0.3) is 0 Å². The van der Waals surface area contributed by atoms with Gasteiger partial charge in [0.15, 0.2) is 0 Å². The van der Waals surface area contributed by atoms with Crippen LogP contribution in [0.5, 0.6) is 0 Å². The van der Waals surface area contributed by atoms with Crippen molar-refractivity contribution in [3.63, 3.8) is 0 Å². The highest BCUT2D eigenvalue weighted by Crippen LogP contribution is 2.12. The lowest BCUT2D eigenvalue weighted by Crippen LogP contribution is -1.99. The number of ether oxygens (including phenoxy) is 1. The lowest BCUT2D eigenvalue weighted by atomic mass is 10.0. The Bertz CT molecular complexity index is 190. The number of carbonyl (C=O) groups excluding carboxylic acids is 1. The molecule has 0 heterocycles. The van der Waals surface area contributed by atoms with Crippen molar-refractivity contribution in [1.29, 1.82) is 0 Å². The number of rotatable bonds is 14. The molecule has 0 saturated heterocycles. The van der Waals surface area contributed by atoms with Crippen LogP contribution >= 0.6 is 0 Å². The molecule has 0 fully saturated rings. The van der Waals surface area contributed by atoms with Gasteiger partial charge in [-0.2, -0.15) is 0 Å². The van der Waals surface area contributed by atoms with Crippen molar-refractivity contribution in [3.05, 3.63) is 0 Å². The molecular weight excluding hydrogens is 248 g/mol. The van der Waals surface area contributed by atoms with E-state index in [1.807, 2.05) is 0 Å². The fraction of sp³-hybridized carbons (Fsp3) is 0.944. The molecule has 122 valence electrons. The number of carbonyl (C=O) groups is 1. The maximum Gasteiger partial charge on any atom is 0.305 e. The van der Waals surface area contributed by atoms with Crippen molar-refractivity contribution in [2.24, 2.45) is 0 Å². The molecule has 0 aliphatic rings. The first-order valence-electron chi connectivity index (χ1n) is 8.38. The zero-order chi connectivity index (χ0) is 14.2. The van der Waals surface area contributed by atoms with Crippen LogP contribution in [0.1, 0.15) is 104 Å². The van der Waals surface area contributed by atoms with Crippen LogP contribution in [-0.2, 0) is 9.53 Å². The van der Waals surface area contributed by atoms with E-state index in [-0.39, 0.29) is 13.4 Å². The van der Waals surface area contributed by atoms with Gasteiger partial charge in [-0.1, -0.05) is 91.4 Å². The van der Waals surface area contributed by atoms with Gasteiger partial charge in [0, 0.05) is 6.42 Å². The van der Waals surface area contributed by atoms with Gasteiger partial charge in [0.1, 0.15) is 0 Å². The van der Waals surface area contributed by atoms with Gasteiger partial charge >= 0.3 is 5.97 Å². The summed E-state index contributed by atoms with van der Waals surface area (Å²) in [5.74, 6) is -0.0666. The summed E-state index contributed by atoms with van der Waals surface area (Å²) in [4.78, 5) is 10.9. The minimum atomic E-state index is -0.0666. The summed E-state index contributed by atoms with van der Waals surface area (Å²) in [6, 6.07) is 0. The van der Waals surface area contributed by atoms with E-state index < -0.39 is 0 Å². The van der Waals surface area contributed by atoms with Gasteiger partial charge < -0.3 is 4.74 Å². The Morgan fingerprint density at radius 3 is 1.40 bits per heavy atom. The molecule has 2 heteroatoms. The number of methoxy groups -OCH3 is 1. The lowest BCUT2D eigenvalue weighted by molar-refractivity contribution is -0.140. The van der Waals surface area contributed by atoms with Gasteiger partial charge in [-0.3, -0.25) is 4.79 Å². The van der Waals surface area contributed by atoms with Crippen LogP contribution in [0.4, 0.5) is 0 Å². The van der Waals surface area contributed by atoms with Crippen LogP contribution in [0.2, 0.25) is 0 Å². The van der Waals surface area contributed by atoms with Gasteiger partial charge in [-0.25, -0.2) is 0 Å². The predicted octanol–water partition coefficient (Wildman–Crippen LogP) is 6.28. The summed E-state index contributed by atoms with van der Waals surface area (Å²) in [6.45, 7) is 2.27. The molecule has 0 spiro atoms. The molecular formula is C18H38O2. The number of unbranched alkanes of at least 4 members (excludes halogenated alkanes) is 12. The second-order valence-electron chi connectivity index (χ2n) is 5.57. The van der Waals surface area contributed by atoms with Crippen molar-refractivity contribution >= 4 is 5.97 Å². The standard InChI is InChI=1S/C17H34O2.CH4/c1-3-4-5-6-7-8-9-10-11-12-13-14-15-16-17(18)19-2;/h3-16H2,1-2H3;1H4. The molecule has 0 aliphatic heterocycles. The normalized spacial score (nSPS) is 10.1. The largest absolute Gasteiger partial charge is 0.469 e. The van der Waals surface area contributed by atoms with Crippen molar-refractivity contribution in [2.75, 3.05) is 7.11 Å². The number of hydrogen-bond acceptors (Lipinski definition) is 2. The van der Waals surface area contributed by atoms with E-state index in [1.165, 1.54) is 84.2 Å². The molecule has 0 rings (SSSR count). The lowest BCUT2D eigenvalue weighted by Gasteiger charge is -2.03. The Morgan fingerprint density at radius 1 is 0.700 bits per heavy atom. The maximum atomic E-state index is 10.9. The average Bonchev–Trinajstić information content (AvgIpc) is 2.43. The summed E-state index contributed by atoms with van der Waals surface area (Å²) in [6.07, 6.45) is 18.0. The van der Waals surface area contributed by atoms with Crippen LogP contribution in [-0.4, -0.2) is 13.1 Å². The Morgan fingerprint density at radius 2 is 1.05 bits per heavy atom. The van der Waals surface area contributed by atoms with E-state index in [4.69, 9.17) is 0 Å². The Hall–Kier alpha value is -0.530. The number of hydrogen-bond donors (Lipinski definition) is 0. The Labute approximate surface area is 127 Å². The van der Waals surface area contributed by atoms with E-state index >= 15 is 0 Å². The molecule has 20 heavy (non-hydrogen) atoms. The molecule has 0 radical (unpaired) electrons. The van der Waals surface area contributed by atoms with Crippen LogP contribution in [0, 0.1) is 0 Å². The topological polar surface area (TPSA) is 26.3 Å². The second kappa shape index (κ2) is 18.5. The molecule has 0 bridgehead atoms. The first-order valence-corrected chi connectivity index (χ1v) is 8.38. The highest BCUT2D eigenvalue weighted by molar-refractivity contribution is 5.68. The molecule has 0 atom stereocenters. The van der Waals surface area contributed by atoms with Gasteiger partial charge in [-0.05, 0) is 6.42 Å². The summed E-state index contributed by atoms with van der Waals surface area (Å²) in [5, 5.41) is 0. The molecule has 0 aliphatic carbocycles. The summed E-state index contributed by atoms with van der Waals surface area (Å²) in [5.41, 5.74) is 0. The predicted molar refractivity (Wildman–Crippen MR) is 89.1 cm³/mol. The minimum absolute atomic E-state index is 0. The van der Waals surface area contributed by atoms with Gasteiger partial charge in [0.2, 0.25) is 0 Å². The SMILES string of the molecule is C.CCCCCCCCCCCCCCCC(=O)OC. The fourth-order valence-corrected chi connectivity index (χ4v) is 2.39. The summed E-state index contributed by atoms with van der Waals surface area (Å²) in [7, 11) is 1.46. The molecule has 2 nitrogen and oxygen atoms in total. The van der Waals surface area contributed by atoms with Crippen molar-refractivity contribution in [3.8, 4) is 0 Å². The van der Waals surface area contributed by atoms with E-state index in [9.17, 15) is 4.79 Å². The van der Waals surface area contributed by atoms with Crippen LogP contribution in [0.15, 0.2) is 0 Å². The second-order valence-corrected chi connectivity index (χ2v) is 5.57. The van der Waals surface area contributed by atoms with E-state index in [1.54, 1.807) is 0 Å². The van der Waals surface area contributed by atoms with Crippen LogP contribution < -0.4 is 0 Å². The van der Waals surface area contributed by atoms with E-state index in [2.05, 4.69) is 11.7 Å². The van der Waals surface area contributed by atoms with Crippen molar-refractivity contribution < 1.29 is 9.53 Å². The number of esters is 1. The maximum absolute atomic E-state index is 10.9. The van der Waals surface area contributed by atoms with Gasteiger partial charge in [-0.15, -0.1) is 0 Å². The Kier molecular flexibility index (Phi) is 20.1. The minimum Gasteiger partial charge on any atom is -0.469 e. The highest BCUT2D eigenvalue weighted by atomic mass is 16.5. The first-order chi connectivity index (χ1) is 9.31. The average molecular weight is 286 g/mol. The molecule has 0 saturated carbocycles. The molecule has 0 unspecified atom stereocenters. The smallest absolute Gasteiger partial charge is 0.305 e. The third kappa shape index (κ3) is 17.5. The quantitative estimate of drug-likeness (QED) is 0.277. The third-order valence-electron chi connectivity index (χ3n) is 3.71. The highest BCUT2D eigenvalue weighted by Gasteiger charge is 1.99. The van der Waals surface area contributed by atoms with E-state index in [0.717, 1.165) is 6.42 Å². The van der Waals surface area contributed by atoms with E-state index in [0.29, 0.717) is 6.42 Å². The third-order valence-corrected chi connectivity index (χ3v) is 3.71.